The van der Waals surface area contributed by atoms with Crippen molar-refractivity contribution in [2.45, 2.75) is 0 Å². The van der Waals surface area contributed by atoms with Crippen LogP contribution in [0.4, 0.5) is 18.8 Å². The zero-order chi connectivity index (χ0) is 4.50. The Morgan fingerprint density at radius 1 is 0.800 bits per heavy atom. The van der Waals surface area contributed by atoms with Crippen LogP contribution < -0.4 is 0 Å². The van der Waals surface area contributed by atoms with E-state index in [1.165, 1.54) is 0 Å². The van der Waals surface area contributed by atoms with Crippen molar-refractivity contribution in [2.24, 2.45) is 0 Å². The molecular formula is H10F4O4SSi. The molecule has 0 fully saturated rings. The van der Waals surface area contributed by atoms with E-state index in [4.69, 9.17) is 17.5 Å². The fourth-order valence-electron chi connectivity index (χ4n) is 0. The van der Waals surface area contributed by atoms with E-state index in [0.29, 0.717) is 0 Å². The minimum absolute atomic E-state index is 0. The molecular weight excluding hydrogens is 200 g/mol. The van der Waals surface area contributed by atoms with Gasteiger partial charge in [0, 0.05) is 0 Å². The van der Waals surface area contributed by atoms with E-state index in [2.05, 4.69) is 0 Å². The predicted molar refractivity (Wildman–Crippen MR) is 35.5 cm³/mol. The maximum atomic E-state index is 8.74. The Labute approximate surface area is 58.7 Å². The maximum Gasteiger partial charge on any atom is 0.394 e. The van der Waals surface area contributed by atoms with Crippen LogP contribution in [0.5, 0.6) is 0 Å². The predicted octanol–water partition coefficient (Wildman–Crippen LogP) is -1.49. The Morgan fingerprint density at radius 3 is 0.800 bits per heavy atom. The standard InChI is InChI=1S/4FH.H2O4S.H4Si/c;;;;1-5(2,3)4;/h4*1H;(H2,1,2,3,4);1H4. The van der Waals surface area contributed by atoms with E-state index < -0.39 is 10.4 Å². The van der Waals surface area contributed by atoms with Gasteiger partial charge in [-0.2, -0.15) is 8.42 Å². The van der Waals surface area contributed by atoms with Gasteiger partial charge in [-0.1, -0.05) is 0 Å². The molecule has 10 heavy (non-hydrogen) atoms. The molecule has 0 heterocycles. The Hall–Kier alpha value is -0.193. The van der Waals surface area contributed by atoms with Crippen molar-refractivity contribution in [3.63, 3.8) is 0 Å². The molecule has 0 unspecified atom stereocenters. The molecule has 4 nitrogen and oxygen atoms in total. The molecule has 0 radical (unpaired) electrons. The summed E-state index contributed by atoms with van der Waals surface area (Å²) in [4.78, 5) is 0. The lowest BCUT2D eigenvalue weighted by Crippen LogP contribution is -1.89. The molecule has 0 aromatic carbocycles. The summed E-state index contributed by atoms with van der Waals surface area (Å²) in [6, 6.07) is 0. The van der Waals surface area contributed by atoms with Gasteiger partial charge in [0.1, 0.15) is 0 Å². The molecule has 0 saturated heterocycles. The highest BCUT2D eigenvalue weighted by molar-refractivity contribution is 7.79. The van der Waals surface area contributed by atoms with Gasteiger partial charge in [0.15, 0.2) is 0 Å². The van der Waals surface area contributed by atoms with Crippen LogP contribution in [0.1, 0.15) is 0 Å². The summed E-state index contributed by atoms with van der Waals surface area (Å²) in [5.74, 6) is 0. The van der Waals surface area contributed by atoms with Crippen LogP contribution in [0.25, 0.3) is 0 Å². The van der Waals surface area contributed by atoms with Crippen LogP contribution in [0.2, 0.25) is 0 Å². The van der Waals surface area contributed by atoms with Crippen molar-refractivity contribution in [3.05, 3.63) is 0 Å². The normalized spacial score (nSPS) is 5.80. The van der Waals surface area contributed by atoms with Crippen LogP contribution in [-0.2, 0) is 10.4 Å². The quantitative estimate of drug-likeness (QED) is 0.290. The lowest BCUT2D eigenvalue weighted by molar-refractivity contribution is 0.381. The van der Waals surface area contributed by atoms with Gasteiger partial charge >= 0.3 is 10.4 Å². The minimum Gasteiger partial charge on any atom is -0.269 e. The average molecular weight is 210 g/mol. The van der Waals surface area contributed by atoms with E-state index in [0.717, 1.165) is 0 Å². The first-order chi connectivity index (χ1) is 2.00. The van der Waals surface area contributed by atoms with Crippen LogP contribution in [0.15, 0.2) is 0 Å². The molecule has 0 aliphatic rings. The monoisotopic (exact) mass is 210 g/mol. The van der Waals surface area contributed by atoms with Crippen molar-refractivity contribution >= 4 is 21.4 Å². The Kier molecular flexibility index (Phi) is 83.5. The zero-order valence-electron chi connectivity index (χ0n) is 3.75. The highest BCUT2D eigenvalue weighted by atomic mass is 32.3. The molecule has 0 saturated carbocycles. The molecule has 10 heteroatoms. The summed E-state index contributed by atoms with van der Waals surface area (Å²) < 4.78 is 31.6. The molecule has 0 aliphatic carbocycles. The Balaban J connectivity index is -0.00000000800. The fourth-order valence-corrected chi connectivity index (χ4v) is 0. The molecule has 0 aromatic rings. The molecule has 0 bridgehead atoms. The first kappa shape index (κ1) is 52.5. The summed E-state index contributed by atoms with van der Waals surface area (Å²) in [6.07, 6.45) is 0. The lowest BCUT2D eigenvalue weighted by Gasteiger charge is -1.68. The molecule has 0 atom stereocenters. The van der Waals surface area contributed by atoms with Gasteiger partial charge in [0.2, 0.25) is 0 Å². The third-order valence-corrected chi connectivity index (χ3v) is 0. The van der Waals surface area contributed by atoms with Crippen LogP contribution in [-0.4, -0.2) is 28.5 Å². The second-order valence-corrected chi connectivity index (χ2v) is 1.34. The van der Waals surface area contributed by atoms with Gasteiger partial charge in [0.05, 0.1) is 0 Å². The number of halogens is 4. The molecule has 0 aliphatic heterocycles. The third kappa shape index (κ3) is 9700. The SMILES string of the molecule is F.F.F.F.O=S(=O)(O)O.[SiH4]. The van der Waals surface area contributed by atoms with Gasteiger partial charge in [-0.05, 0) is 11.0 Å². The fraction of sp³-hybridized carbons (Fsp3) is 0. The average Bonchev–Trinajstić information content (AvgIpc) is 0.722. The first-order valence-electron chi connectivity index (χ1n) is 0.698. The van der Waals surface area contributed by atoms with Crippen molar-refractivity contribution in [2.75, 3.05) is 0 Å². The molecule has 2 N–H and O–H groups in total. The zero-order valence-corrected chi connectivity index (χ0v) is 4.57. The number of hydrogen-bond acceptors (Lipinski definition) is 2. The molecule has 0 amide bonds. The van der Waals surface area contributed by atoms with E-state index in [1.807, 2.05) is 0 Å². The van der Waals surface area contributed by atoms with Gasteiger partial charge in [-0.25, -0.2) is 0 Å². The first-order valence-corrected chi connectivity index (χ1v) is 2.10. The third-order valence-electron chi connectivity index (χ3n) is 0. The summed E-state index contributed by atoms with van der Waals surface area (Å²) in [6.45, 7) is 0. The number of rotatable bonds is 0. The van der Waals surface area contributed by atoms with E-state index >= 15 is 0 Å². The van der Waals surface area contributed by atoms with Crippen molar-refractivity contribution in [3.8, 4) is 0 Å². The van der Waals surface area contributed by atoms with E-state index in [9.17, 15) is 0 Å². The van der Waals surface area contributed by atoms with Crippen LogP contribution >= 0.6 is 0 Å². The minimum atomic E-state index is -4.67. The lowest BCUT2D eigenvalue weighted by atomic mass is 15.8. The molecule has 0 spiro atoms. The van der Waals surface area contributed by atoms with Gasteiger partial charge in [-0.3, -0.25) is 27.9 Å². The smallest absolute Gasteiger partial charge is 0.269 e. The topological polar surface area (TPSA) is 74.6 Å². The van der Waals surface area contributed by atoms with Crippen LogP contribution in [0.3, 0.4) is 0 Å². The maximum absolute atomic E-state index is 8.74. The highest BCUT2D eigenvalue weighted by Gasteiger charge is 1.84. The Morgan fingerprint density at radius 2 is 0.800 bits per heavy atom. The van der Waals surface area contributed by atoms with Gasteiger partial charge in [0.25, 0.3) is 0 Å². The largest absolute Gasteiger partial charge is 0.394 e. The number of hydrogen-bond donors (Lipinski definition) is 2. The van der Waals surface area contributed by atoms with Gasteiger partial charge in [-0.15, -0.1) is 0 Å². The van der Waals surface area contributed by atoms with Crippen molar-refractivity contribution in [1.82, 2.24) is 0 Å². The summed E-state index contributed by atoms with van der Waals surface area (Å²) >= 11 is 0. The second kappa shape index (κ2) is 15.9. The van der Waals surface area contributed by atoms with Gasteiger partial charge < -0.3 is 0 Å². The summed E-state index contributed by atoms with van der Waals surface area (Å²) in [5.41, 5.74) is 0. The second-order valence-electron chi connectivity index (χ2n) is 0.448. The molecule has 0 rings (SSSR count). The molecule has 0 aromatic heterocycles. The van der Waals surface area contributed by atoms with Crippen molar-refractivity contribution in [1.29, 1.82) is 0 Å². The van der Waals surface area contributed by atoms with E-state index in [-0.39, 0.29) is 29.8 Å². The van der Waals surface area contributed by atoms with Crippen molar-refractivity contribution < 1.29 is 36.3 Å². The highest BCUT2D eigenvalue weighted by Crippen LogP contribution is 1.59. The Bertz CT molecular complexity index is 100. The van der Waals surface area contributed by atoms with E-state index in [1.54, 1.807) is 0 Å². The molecule has 72 valence electrons. The summed E-state index contributed by atoms with van der Waals surface area (Å²) in [7, 11) is -4.67. The summed E-state index contributed by atoms with van der Waals surface area (Å²) in [5, 5.41) is 0. The van der Waals surface area contributed by atoms with Crippen LogP contribution in [0, 0.1) is 0 Å².